The van der Waals surface area contributed by atoms with E-state index in [2.05, 4.69) is 39.2 Å². The minimum absolute atomic E-state index is 0.212. The zero-order valence-corrected chi connectivity index (χ0v) is 22.5. The van der Waals surface area contributed by atoms with Crippen molar-refractivity contribution in [1.29, 1.82) is 0 Å². The van der Waals surface area contributed by atoms with E-state index in [0.29, 0.717) is 33.6 Å². The van der Waals surface area contributed by atoms with Gasteiger partial charge < -0.3 is 30.0 Å². The summed E-state index contributed by atoms with van der Waals surface area (Å²) in [6, 6.07) is 13.3. The fraction of sp³-hybridized carbons (Fsp3) is 0.379. The molecule has 38 heavy (non-hydrogen) atoms. The number of ether oxygens (including phenoxy) is 1. The number of nitrogens with one attached hydrogen (secondary N) is 3. The van der Waals surface area contributed by atoms with Gasteiger partial charge in [0.15, 0.2) is 0 Å². The van der Waals surface area contributed by atoms with Crippen LogP contribution in [0, 0.1) is 6.92 Å². The molecule has 3 heterocycles. The molecule has 0 amide bonds. The molecule has 1 aliphatic heterocycles. The Hall–Kier alpha value is -3.17. The minimum Gasteiger partial charge on any atom is -0.387 e. The van der Waals surface area contributed by atoms with Crippen LogP contribution in [-0.2, 0) is 4.74 Å². The monoisotopic (exact) mass is 535 g/mol. The zero-order chi connectivity index (χ0) is 26.6. The lowest BCUT2D eigenvalue weighted by Gasteiger charge is -2.32. The molecular formula is C29H34ClN5O3. The zero-order valence-electron chi connectivity index (χ0n) is 21.8. The van der Waals surface area contributed by atoms with Gasteiger partial charge in [-0.2, -0.15) is 0 Å². The van der Waals surface area contributed by atoms with Gasteiger partial charge >= 0.3 is 0 Å². The van der Waals surface area contributed by atoms with Crippen molar-refractivity contribution < 1.29 is 9.84 Å². The molecule has 0 spiro atoms. The third-order valence-corrected chi connectivity index (χ3v) is 7.62. The fourth-order valence-corrected chi connectivity index (χ4v) is 5.48. The number of aryl methyl sites for hydroxylation is 1. The summed E-state index contributed by atoms with van der Waals surface area (Å²) >= 11 is 6.07. The lowest BCUT2D eigenvalue weighted by atomic mass is 9.88. The average Bonchev–Trinajstić information content (AvgIpc) is 3.35. The molecule has 1 aliphatic rings. The number of likely N-dealkylation sites (tertiary alicyclic amines) is 1. The van der Waals surface area contributed by atoms with Gasteiger partial charge in [-0.15, -0.1) is 0 Å². The summed E-state index contributed by atoms with van der Waals surface area (Å²) in [5, 5.41) is 14.4. The smallest absolute Gasteiger partial charge is 0.261 e. The van der Waals surface area contributed by atoms with Gasteiger partial charge in [0.2, 0.25) is 0 Å². The summed E-state index contributed by atoms with van der Waals surface area (Å²) in [5.74, 6) is 0.991. The largest absolute Gasteiger partial charge is 0.387 e. The van der Waals surface area contributed by atoms with Crippen molar-refractivity contribution in [3.05, 3.63) is 80.7 Å². The fourth-order valence-electron chi connectivity index (χ4n) is 5.28. The minimum atomic E-state index is -0.790. The average molecular weight is 536 g/mol. The van der Waals surface area contributed by atoms with E-state index < -0.39 is 6.10 Å². The first-order chi connectivity index (χ1) is 18.4. The van der Waals surface area contributed by atoms with Crippen molar-refractivity contribution >= 4 is 28.3 Å². The van der Waals surface area contributed by atoms with Crippen molar-refractivity contribution in [1.82, 2.24) is 19.9 Å². The number of rotatable bonds is 9. The maximum Gasteiger partial charge on any atom is 0.261 e. The number of anilines is 1. The summed E-state index contributed by atoms with van der Waals surface area (Å²) < 4.78 is 5.23. The van der Waals surface area contributed by atoms with Crippen LogP contribution >= 0.6 is 11.6 Å². The van der Waals surface area contributed by atoms with Crippen LogP contribution in [0.4, 0.5) is 5.69 Å². The number of aromatic nitrogens is 3. The molecule has 0 saturated carbocycles. The first-order valence-corrected chi connectivity index (χ1v) is 13.4. The van der Waals surface area contributed by atoms with E-state index in [9.17, 15) is 9.90 Å². The molecule has 0 unspecified atom stereocenters. The number of halogens is 1. The van der Waals surface area contributed by atoms with Crippen molar-refractivity contribution in [2.24, 2.45) is 0 Å². The van der Waals surface area contributed by atoms with Crippen LogP contribution in [0.15, 0.2) is 53.5 Å². The number of fused-ring (bicyclic) bond motifs is 1. The van der Waals surface area contributed by atoms with Crippen LogP contribution < -0.4 is 10.9 Å². The number of nitrogens with zero attached hydrogens (tertiary/aromatic N) is 2. The summed E-state index contributed by atoms with van der Waals surface area (Å²) in [7, 11) is 1.75. The van der Waals surface area contributed by atoms with Crippen LogP contribution in [-0.4, -0.2) is 64.9 Å². The van der Waals surface area contributed by atoms with Crippen LogP contribution in [0.2, 0.25) is 5.02 Å². The number of hydrogen-bond acceptors (Lipinski definition) is 6. The highest BCUT2D eigenvalue weighted by Crippen LogP contribution is 2.33. The number of imidazole rings is 1. The lowest BCUT2D eigenvalue weighted by molar-refractivity contribution is 0.130. The second kappa shape index (κ2) is 11.7. The number of hydrogen-bond donors (Lipinski definition) is 4. The highest BCUT2D eigenvalue weighted by Gasteiger charge is 2.22. The van der Waals surface area contributed by atoms with E-state index in [1.54, 1.807) is 37.6 Å². The Morgan fingerprint density at radius 2 is 2.05 bits per heavy atom. The molecule has 5 rings (SSSR count). The third-order valence-electron chi connectivity index (χ3n) is 7.39. The third kappa shape index (κ3) is 5.78. The molecule has 1 fully saturated rings. The molecule has 1 atom stereocenters. The van der Waals surface area contributed by atoms with E-state index in [1.807, 2.05) is 6.07 Å². The second-order valence-corrected chi connectivity index (χ2v) is 10.4. The molecule has 1 saturated heterocycles. The Kier molecular flexibility index (Phi) is 8.14. The van der Waals surface area contributed by atoms with Gasteiger partial charge in [0.25, 0.3) is 5.56 Å². The second-order valence-electron chi connectivity index (χ2n) is 9.98. The Morgan fingerprint density at radius 1 is 1.24 bits per heavy atom. The standard InChI is InChI=1S/C29H34ClN5O3/c1-18-14-21(19-7-10-35(11-8-19)12-13-38-2)16-24-27(18)34-28(33-24)26-23(6-9-31-29(26)37)32-17-25(36)20-4-3-5-22(30)15-20/h3-6,9,14-16,19,25,36H,7-8,10-13,17H2,1-2H3,(H,33,34)(H2,31,32,37)/t25-/m1/s1. The normalized spacial score (nSPS) is 15.7. The SMILES string of the molecule is COCCN1CCC(c2cc(C)c3nc(-c4c(NC[C@@H](O)c5cccc(Cl)c5)cc[nH]c4=O)[nH]c3c2)CC1. The molecule has 2 aromatic heterocycles. The number of aromatic amines is 2. The topological polar surface area (TPSA) is 106 Å². The highest BCUT2D eigenvalue weighted by molar-refractivity contribution is 6.30. The van der Waals surface area contributed by atoms with Crippen LogP contribution in [0.5, 0.6) is 0 Å². The summed E-state index contributed by atoms with van der Waals surface area (Å²) in [5.41, 5.74) is 5.62. The molecule has 4 N–H and O–H groups in total. The van der Waals surface area contributed by atoms with Gasteiger partial charge in [-0.1, -0.05) is 29.8 Å². The summed E-state index contributed by atoms with van der Waals surface area (Å²) in [4.78, 5) is 26.4. The van der Waals surface area contributed by atoms with Crippen molar-refractivity contribution in [2.45, 2.75) is 31.8 Å². The summed E-state index contributed by atoms with van der Waals surface area (Å²) in [6.07, 6.45) is 3.01. The van der Waals surface area contributed by atoms with Gasteiger partial charge in [-0.25, -0.2) is 4.98 Å². The van der Waals surface area contributed by atoms with E-state index >= 15 is 0 Å². The van der Waals surface area contributed by atoms with Gasteiger partial charge in [0, 0.05) is 31.4 Å². The molecular weight excluding hydrogens is 502 g/mol. The molecule has 200 valence electrons. The Bertz CT molecular complexity index is 1460. The van der Waals surface area contributed by atoms with Crippen LogP contribution in [0.3, 0.4) is 0 Å². The maximum absolute atomic E-state index is 12.9. The predicted molar refractivity (Wildman–Crippen MR) is 152 cm³/mol. The summed E-state index contributed by atoms with van der Waals surface area (Å²) in [6.45, 7) is 6.15. The van der Waals surface area contributed by atoms with Crippen LogP contribution in [0.1, 0.15) is 41.6 Å². The predicted octanol–water partition coefficient (Wildman–Crippen LogP) is 4.85. The molecule has 0 radical (unpaired) electrons. The highest BCUT2D eigenvalue weighted by atomic mass is 35.5. The number of H-pyrrole nitrogens is 2. The number of methoxy groups -OCH3 is 1. The van der Waals surface area contributed by atoms with Crippen LogP contribution in [0.25, 0.3) is 22.4 Å². The van der Waals surface area contributed by atoms with Gasteiger partial charge in [-0.05, 0) is 79.7 Å². The number of benzene rings is 2. The van der Waals surface area contributed by atoms with Crippen molar-refractivity contribution in [3.8, 4) is 11.4 Å². The molecule has 9 heteroatoms. The molecule has 8 nitrogen and oxygen atoms in total. The number of aliphatic hydroxyl groups excluding tert-OH is 1. The quantitative estimate of drug-likeness (QED) is 0.244. The maximum atomic E-state index is 12.9. The van der Waals surface area contributed by atoms with Gasteiger partial charge in [0.05, 0.1) is 29.4 Å². The van der Waals surface area contributed by atoms with Gasteiger partial charge in [0.1, 0.15) is 11.4 Å². The van der Waals surface area contributed by atoms with E-state index in [-0.39, 0.29) is 12.1 Å². The molecule has 0 bridgehead atoms. The lowest BCUT2D eigenvalue weighted by Crippen LogP contribution is -2.35. The number of piperidine rings is 1. The number of pyridine rings is 1. The van der Waals surface area contributed by atoms with E-state index in [0.717, 1.165) is 55.7 Å². The Balaban J connectivity index is 1.38. The molecule has 2 aromatic carbocycles. The van der Waals surface area contributed by atoms with Gasteiger partial charge in [-0.3, -0.25) is 4.79 Å². The van der Waals surface area contributed by atoms with Crippen molar-refractivity contribution in [3.63, 3.8) is 0 Å². The number of aliphatic hydroxyl groups is 1. The van der Waals surface area contributed by atoms with Crippen molar-refractivity contribution in [2.75, 3.05) is 45.2 Å². The first-order valence-electron chi connectivity index (χ1n) is 13.0. The van der Waals surface area contributed by atoms with E-state index in [4.69, 9.17) is 21.3 Å². The Morgan fingerprint density at radius 3 is 2.82 bits per heavy atom. The Labute approximate surface area is 227 Å². The molecule has 4 aromatic rings. The molecule has 0 aliphatic carbocycles. The first kappa shape index (κ1) is 26.4. The van der Waals surface area contributed by atoms with E-state index in [1.165, 1.54) is 5.56 Å².